The number of amides is 1. The zero-order valence-corrected chi connectivity index (χ0v) is 24.3. The van der Waals surface area contributed by atoms with E-state index in [0.29, 0.717) is 11.4 Å². The van der Waals surface area contributed by atoms with Crippen LogP contribution >= 0.6 is 11.8 Å². The van der Waals surface area contributed by atoms with E-state index in [1.165, 1.54) is 25.3 Å². The highest BCUT2D eigenvalue weighted by Crippen LogP contribution is 2.34. The van der Waals surface area contributed by atoms with Crippen molar-refractivity contribution in [2.24, 2.45) is 5.92 Å². The lowest BCUT2D eigenvalue weighted by Gasteiger charge is -2.36. The number of rotatable bonds is 11. The molecule has 7 nitrogen and oxygen atoms in total. The van der Waals surface area contributed by atoms with Crippen molar-refractivity contribution in [3.8, 4) is 0 Å². The maximum absolute atomic E-state index is 13.0. The third kappa shape index (κ3) is 8.22. The summed E-state index contributed by atoms with van der Waals surface area (Å²) in [6.07, 6.45) is 9.24. The van der Waals surface area contributed by atoms with Crippen molar-refractivity contribution >= 4 is 28.6 Å². The van der Waals surface area contributed by atoms with Crippen molar-refractivity contribution in [2.75, 3.05) is 31.9 Å². The van der Waals surface area contributed by atoms with Crippen molar-refractivity contribution in [3.63, 3.8) is 0 Å². The van der Waals surface area contributed by atoms with Gasteiger partial charge in [-0.15, -0.1) is 16.9 Å². The molecule has 3 heterocycles. The van der Waals surface area contributed by atoms with Crippen LogP contribution in [0.1, 0.15) is 69.0 Å². The number of alkyl halides is 3. The predicted molar refractivity (Wildman–Crippen MR) is 154 cm³/mol. The van der Waals surface area contributed by atoms with Crippen LogP contribution in [-0.4, -0.2) is 67.6 Å². The molecule has 0 N–H and O–H groups in total. The number of thioether (sulfide) groups is 1. The molecule has 2 aromatic heterocycles. The van der Waals surface area contributed by atoms with Crippen molar-refractivity contribution in [1.29, 1.82) is 0 Å². The second kappa shape index (κ2) is 14.0. The lowest BCUT2D eigenvalue weighted by molar-refractivity contribution is -0.138. The van der Waals surface area contributed by atoms with E-state index in [2.05, 4.69) is 25.1 Å². The lowest BCUT2D eigenvalue weighted by Crippen LogP contribution is -2.50. The smallest absolute Gasteiger partial charge is 0.340 e. The molecule has 0 bridgehead atoms. The number of piperazine rings is 1. The van der Waals surface area contributed by atoms with Gasteiger partial charge in [0.1, 0.15) is 0 Å². The largest absolute Gasteiger partial charge is 0.416 e. The van der Waals surface area contributed by atoms with Crippen LogP contribution in [0.25, 0.3) is 10.9 Å². The summed E-state index contributed by atoms with van der Waals surface area (Å²) in [4.78, 5) is 22.3. The van der Waals surface area contributed by atoms with Gasteiger partial charge in [-0.1, -0.05) is 43.4 Å². The van der Waals surface area contributed by atoms with Gasteiger partial charge in [-0.2, -0.15) is 13.2 Å². The minimum absolute atomic E-state index is 0.245. The fourth-order valence-corrected chi connectivity index (χ4v) is 6.87. The van der Waals surface area contributed by atoms with Crippen molar-refractivity contribution < 1.29 is 18.0 Å². The molecule has 0 spiro atoms. The fraction of sp³-hybridized carbons (Fsp3) is 0.600. The van der Waals surface area contributed by atoms with Gasteiger partial charge in [0, 0.05) is 67.9 Å². The van der Waals surface area contributed by atoms with Gasteiger partial charge in [-0.3, -0.25) is 19.4 Å². The number of pyridine rings is 1. The van der Waals surface area contributed by atoms with Crippen LogP contribution in [0.15, 0.2) is 41.6 Å². The number of nitrogens with zero attached hydrogens (tertiary/aromatic N) is 6. The van der Waals surface area contributed by atoms with E-state index in [0.717, 1.165) is 112 Å². The quantitative estimate of drug-likeness (QED) is 0.190. The van der Waals surface area contributed by atoms with E-state index in [9.17, 15) is 18.0 Å². The summed E-state index contributed by atoms with van der Waals surface area (Å²) in [5.74, 6) is 1.52. The van der Waals surface area contributed by atoms with Crippen LogP contribution in [-0.2, 0) is 24.1 Å². The van der Waals surface area contributed by atoms with Gasteiger partial charge in [0.15, 0.2) is 0 Å². The zero-order chi connectivity index (χ0) is 28.7. The number of fused-ring (bicyclic) bond motifs is 1. The molecule has 3 aromatic rings. The van der Waals surface area contributed by atoms with Gasteiger partial charge in [-0.25, -0.2) is 0 Å². The molecule has 222 valence electrons. The summed E-state index contributed by atoms with van der Waals surface area (Å²) in [5.41, 5.74) is 0.684. The topological polar surface area (TPSA) is 67.2 Å². The third-order valence-electron chi connectivity index (χ3n) is 8.18. The molecular weight excluding hydrogens is 549 g/mol. The van der Waals surface area contributed by atoms with Crippen molar-refractivity contribution in [1.82, 2.24) is 29.8 Å². The predicted octanol–water partition coefficient (Wildman–Crippen LogP) is 6.42. The summed E-state index contributed by atoms with van der Waals surface area (Å²) in [7, 11) is 0. The molecule has 2 aliphatic rings. The van der Waals surface area contributed by atoms with Crippen LogP contribution in [0.4, 0.5) is 13.2 Å². The van der Waals surface area contributed by atoms with Gasteiger partial charge >= 0.3 is 6.18 Å². The van der Waals surface area contributed by atoms with Crippen molar-refractivity contribution in [3.05, 3.63) is 47.9 Å². The fourth-order valence-electron chi connectivity index (χ4n) is 5.82. The average Bonchev–Trinajstić information content (AvgIpc) is 3.43. The lowest BCUT2D eigenvalue weighted by atomic mass is 9.88. The molecule has 1 aliphatic carbocycles. The van der Waals surface area contributed by atoms with Crippen LogP contribution in [0.5, 0.6) is 0 Å². The molecular formula is C30H39F3N6OS. The summed E-state index contributed by atoms with van der Waals surface area (Å²) < 4.78 is 40.9. The maximum Gasteiger partial charge on any atom is 0.416 e. The molecule has 1 aliphatic heterocycles. The molecule has 1 aromatic carbocycles. The van der Waals surface area contributed by atoms with Crippen LogP contribution in [0.3, 0.4) is 0 Å². The molecule has 1 saturated heterocycles. The number of aryl methyl sites for hydroxylation is 1. The summed E-state index contributed by atoms with van der Waals surface area (Å²) in [6, 6.07) is 5.65. The average molecular weight is 589 g/mol. The van der Waals surface area contributed by atoms with E-state index in [1.807, 2.05) is 16.9 Å². The van der Waals surface area contributed by atoms with Gasteiger partial charge in [0.05, 0.1) is 16.8 Å². The van der Waals surface area contributed by atoms with E-state index in [-0.39, 0.29) is 5.92 Å². The standard InChI is InChI=1S/C30H39F3N6OS/c31-30(32,33)24-10-11-26-27(20-24)34-13-12-28(26)41-19-7-2-1-6-14-39-22-25(35-36-39)21-37-15-17-38(18-16-37)29(40)23-8-4-3-5-9-23/h10-13,20,22-23H,1-9,14-19,21H2. The van der Waals surface area contributed by atoms with Crippen LogP contribution < -0.4 is 0 Å². The first-order chi connectivity index (χ1) is 19.9. The monoisotopic (exact) mass is 588 g/mol. The Morgan fingerprint density at radius 1 is 0.976 bits per heavy atom. The first-order valence-electron chi connectivity index (χ1n) is 14.9. The van der Waals surface area contributed by atoms with Crippen molar-refractivity contribution in [2.45, 2.75) is 81.9 Å². The minimum Gasteiger partial charge on any atom is -0.340 e. The number of benzene rings is 1. The normalized spacial score (nSPS) is 17.4. The highest BCUT2D eigenvalue weighted by atomic mass is 32.2. The summed E-state index contributed by atoms with van der Waals surface area (Å²) in [5, 5.41) is 9.43. The molecule has 1 amide bonds. The molecule has 1 saturated carbocycles. The molecule has 41 heavy (non-hydrogen) atoms. The number of halogens is 3. The first-order valence-corrected chi connectivity index (χ1v) is 15.8. The second-order valence-electron chi connectivity index (χ2n) is 11.2. The number of hydrogen-bond acceptors (Lipinski definition) is 6. The molecule has 0 atom stereocenters. The molecule has 11 heteroatoms. The Balaban J connectivity index is 0.964. The Bertz CT molecular complexity index is 1280. The summed E-state index contributed by atoms with van der Waals surface area (Å²) >= 11 is 1.67. The Morgan fingerprint density at radius 2 is 1.76 bits per heavy atom. The Kier molecular flexibility index (Phi) is 10.2. The Hall–Kier alpha value is -2.66. The number of unbranched alkanes of at least 4 members (excludes halogenated alkanes) is 3. The van der Waals surface area contributed by atoms with E-state index < -0.39 is 11.7 Å². The number of aromatic nitrogens is 4. The second-order valence-corrected chi connectivity index (χ2v) is 12.3. The molecule has 2 fully saturated rings. The van der Waals surface area contributed by atoms with Crippen LogP contribution in [0, 0.1) is 5.92 Å². The maximum atomic E-state index is 13.0. The summed E-state index contributed by atoms with van der Waals surface area (Å²) in [6.45, 7) is 4.97. The SMILES string of the molecule is O=C(C1CCCCC1)N1CCN(Cc2cn(CCCCCCSc3ccnc4cc(C(F)(F)F)ccc34)nn2)CC1. The zero-order valence-electron chi connectivity index (χ0n) is 23.5. The molecule has 0 radical (unpaired) electrons. The Labute approximate surface area is 243 Å². The van der Waals surface area contributed by atoms with E-state index in [4.69, 9.17) is 0 Å². The van der Waals surface area contributed by atoms with Gasteiger partial charge in [0.2, 0.25) is 5.91 Å². The van der Waals surface area contributed by atoms with Gasteiger partial charge in [-0.05, 0) is 49.6 Å². The van der Waals surface area contributed by atoms with Crippen LogP contribution in [0.2, 0.25) is 0 Å². The number of hydrogen-bond donors (Lipinski definition) is 0. The number of carbonyl (C=O) groups is 1. The molecule has 5 rings (SSSR count). The Morgan fingerprint density at radius 3 is 2.54 bits per heavy atom. The number of carbonyl (C=O) groups excluding carboxylic acids is 1. The van der Waals surface area contributed by atoms with Gasteiger partial charge in [0.25, 0.3) is 0 Å². The highest BCUT2D eigenvalue weighted by molar-refractivity contribution is 7.99. The van der Waals surface area contributed by atoms with Gasteiger partial charge < -0.3 is 4.90 Å². The third-order valence-corrected chi connectivity index (χ3v) is 9.34. The van der Waals surface area contributed by atoms with E-state index >= 15 is 0 Å². The first kappa shape index (κ1) is 29.8. The minimum atomic E-state index is -4.36. The highest BCUT2D eigenvalue weighted by Gasteiger charge is 2.31. The van der Waals surface area contributed by atoms with E-state index in [1.54, 1.807) is 18.0 Å². The molecule has 0 unspecified atom stereocenters.